The van der Waals surface area contributed by atoms with Gasteiger partial charge in [-0.05, 0) is 44.9 Å². The molecular formula is C22H31BN2O4. The molecule has 1 aromatic rings. The highest BCUT2D eigenvalue weighted by atomic mass is 16.4. The number of nitrogens with one attached hydrogen (secondary N) is 1. The zero-order valence-electron chi connectivity index (χ0n) is 17.7. The van der Waals surface area contributed by atoms with Gasteiger partial charge in [0.15, 0.2) is 0 Å². The molecule has 3 N–H and O–H groups in total. The largest absolute Gasteiger partial charge is 0.475 e. The second-order valence-electron chi connectivity index (χ2n) is 7.17. The van der Waals surface area contributed by atoms with Gasteiger partial charge in [0.1, 0.15) is 6.54 Å². The lowest BCUT2D eigenvalue weighted by atomic mass is 9.75. The molecule has 7 heteroatoms. The van der Waals surface area contributed by atoms with Crippen molar-refractivity contribution in [3.63, 3.8) is 0 Å². The van der Waals surface area contributed by atoms with Crippen LogP contribution in [0.15, 0.2) is 65.8 Å². The maximum absolute atomic E-state index is 12.6. The van der Waals surface area contributed by atoms with Crippen molar-refractivity contribution in [3.8, 4) is 0 Å². The van der Waals surface area contributed by atoms with Crippen molar-refractivity contribution in [2.75, 3.05) is 11.4 Å². The molecule has 0 aromatic heterocycles. The number of hydrogen-bond acceptors (Lipinski definition) is 4. The topological polar surface area (TPSA) is 89.9 Å². The van der Waals surface area contributed by atoms with Crippen LogP contribution in [0.25, 0.3) is 0 Å². The number of benzene rings is 1. The van der Waals surface area contributed by atoms with Gasteiger partial charge < -0.3 is 20.3 Å². The predicted molar refractivity (Wildman–Crippen MR) is 118 cm³/mol. The molecule has 0 bridgehead atoms. The van der Waals surface area contributed by atoms with E-state index in [0.29, 0.717) is 5.69 Å². The first-order valence-electron chi connectivity index (χ1n) is 9.66. The molecule has 29 heavy (non-hydrogen) atoms. The van der Waals surface area contributed by atoms with Gasteiger partial charge >= 0.3 is 7.12 Å². The average Bonchev–Trinajstić information content (AvgIpc) is 2.67. The van der Waals surface area contributed by atoms with Crippen LogP contribution >= 0.6 is 0 Å². The van der Waals surface area contributed by atoms with Crippen LogP contribution in [-0.2, 0) is 9.59 Å². The minimum atomic E-state index is -1.74. The van der Waals surface area contributed by atoms with Crippen molar-refractivity contribution >= 4 is 24.6 Å². The third-order valence-electron chi connectivity index (χ3n) is 4.33. The molecule has 1 atom stereocenters. The summed E-state index contributed by atoms with van der Waals surface area (Å²) in [5.41, 5.74) is 3.35. The SMILES string of the molecule is C=C(C)/C=C\C(C[C@H](NC(=O)CN(C(=O)CC)c1ccccc1)B(O)O)=C(C)C. The number of nitrogens with zero attached hydrogens (tertiary/aromatic N) is 1. The van der Waals surface area contributed by atoms with Gasteiger partial charge in [-0.2, -0.15) is 0 Å². The highest BCUT2D eigenvalue weighted by molar-refractivity contribution is 6.43. The highest BCUT2D eigenvalue weighted by Crippen LogP contribution is 2.16. The Bertz CT molecular complexity index is 768. The summed E-state index contributed by atoms with van der Waals surface area (Å²) in [5, 5.41) is 22.2. The van der Waals surface area contributed by atoms with Crippen LogP contribution in [0, 0.1) is 0 Å². The zero-order chi connectivity index (χ0) is 22.0. The Morgan fingerprint density at radius 3 is 2.28 bits per heavy atom. The zero-order valence-corrected chi connectivity index (χ0v) is 17.7. The molecule has 0 aliphatic carbocycles. The van der Waals surface area contributed by atoms with Crippen molar-refractivity contribution in [2.24, 2.45) is 0 Å². The van der Waals surface area contributed by atoms with E-state index in [4.69, 9.17) is 0 Å². The Morgan fingerprint density at radius 1 is 1.17 bits per heavy atom. The van der Waals surface area contributed by atoms with E-state index in [-0.39, 0.29) is 25.3 Å². The number of amides is 2. The minimum Gasteiger partial charge on any atom is -0.426 e. The van der Waals surface area contributed by atoms with E-state index in [1.54, 1.807) is 31.2 Å². The predicted octanol–water partition coefficient (Wildman–Crippen LogP) is 2.79. The average molecular weight is 398 g/mol. The fraction of sp³-hybridized carbons (Fsp3) is 0.364. The molecule has 0 fully saturated rings. The number of para-hydroxylation sites is 1. The molecule has 0 aliphatic rings. The molecule has 0 unspecified atom stereocenters. The summed E-state index contributed by atoms with van der Waals surface area (Å²) in [6.45, 7) is 11.0. The fourth-order valence-electron chi connectivity index (χ4n) is 2.67. The van der Waals surface area contributed by atoms with E-state index in [0.717, 1.165) is 16.7 Å². The third-order valence-corrected chi connectivity index (χ3v) is 4.33. The standard InChI is InChI=1S/C22H31BN2O4/c1-6-22(27)25(19-10-8-7-9-11-19)15-21(26)24-20(23(28)29)14-18(17(4)5)13-12-16(2)3/h7-13,20,28-29H,2,6,14-15H2,1,3-5H3,(H,24,26)/b13-12-/t20-/m0/s1. The molecule has 0 aliphatic heterocycles. The number of allylic oxidation sites excluding steroid dienone is 4. The van der Waals surface area contributed by atoms with Crippen molar-refractivity contribution < 1.29 is 19.6 Å². The van der Waals surface area contributed by atoms with Gasteiger partial charge in [-0.15, -0.1) is 0 Å². The van der Waals surface area contributed by atoms with Gasteiger partial charge in [0.2, 0.25) is 11.8 Å². The van der Waals surface area contributed by atoms with Crippen LogP contribution in [0.3, 0.4) is 0 Å². The Morgan fingerprint density at radius 2 is 1.79 bits per heavy atom. The van der Waals surface area contributed by atoms with Gasteiger partial charge in [-0.1, -0.05) is 55.0 Å². The molecule has 6 nitrogen and oxygen atoms in total. The van der Waals surface area contributed by atoms with Crippen LogP contribution in [0.5, 0.6) is 0 Å². The fourth-order valence-corrected chi connectivity index (χ4v) is 2.67. The van der Waals surface area contributed by atoms with Crippen LogP contribution in [0.4, 0.5) is 5.69 Å². The van der Waals surface area contributed by atoms with Crippen LogP contribution in [-0.4, -0.2) is 41.5 Å². The van der Waals surface area contributed by atoms with Gasteiger partial charge in [0.05, 0.1) is 5.94 Å². The van der Waals surface area contributed by atoms with E-state index in [1.165, 1.54) is 4.90 Å². The summed E-state index contributed by atoms with van der Waals surface area (Å²) in [6, 6.07) is 8.92. The third kappa shape index (κ3) is 8.50. The first-order valence-corrected chi connectivity index (χ1v) is 9.66. The lowest BCUT2D eigenvalue weighted by Crippen LogP contribution is -2.50. The second-order valence-corrected chi connectivity index (χ2v) is 7.17. The first-order chi connectivity index (χ1) is 13.6. The van der Waals surface area contributed by atoms with Crippen LogP contribution in [0.2, 0.25) is 0 Å². The Hall–Kier alpha value is -2.64. The normalized spacial score (nSPS) is 11.7. The molecule has 1 rings (SSSR count). The summed E-state index contributed by atoms with van der Waals surface area (Å²) in [5.74, 6) is -1.57. The molecule has 156 valence electrons. The molecule has 0 saturated heterocycles. The second kappa shape index (κ2) is 12.0. The molecule has 0 heterocycles. The molecule has 0 saturated carbocycles. The van der Waals surface area contributed by atoms with Crippen molar-refractivity contribution in [3.05, 3.63) is 65.8 Å². The van der Waals surface area contributed by atoms with E-state index in [1.807, 2.05) is 39.0 Å². The Balaban J connectivity index is 2.94. The number of rotatable bonds is 10. The number of carbonyl (C=O) groups excluding carboxylic acids is 2. The van der Waals surface area contributed by atoms with E-state index >= 15 is 0 Å². The number of anilines is 1. The van der Waals surface area contributed by atoms with E-state index < -0.39 is 19.0 Å². The van der Waals surface area contributed by atoms with Crippen LogP contribution < -0.4 is 10.2 Å². The van der Waals surface area contributed by atoms with Crippen LogP contribution in [0.1, 0.15) is 40.5 Å². The van der Waals surface area contributed by atoms with E-state index in [2.05, 4.69) is 11.9 Å². The van der Waals surface area contributed by atoms with Crippen molar-refractivity contribution in [2.45, 2.75) is 46.5 Å². The van der Waals surface area contributed by atoms with Gasteiger partial charge in [0.25, 0.3) is 0 Å². The lowest BCUT2D eigenvalue weighted by Gasteiger charge is -2.24. The quantitative estimate of drug-likeness (QED) is 0.418. The number of carbonyl (C=O) groups is 2. The molecule has 1 aromatic carbocycles. The highest BCUT2D eigenvalue weighted by Gasteiger charge is 2.27. The molecular weight excluding hydrogens is 367 g/mol. The summed E-state index contributed by atoms with van der Waals surface area (Å²) in [6.07, 6.45) is 4.18. The molecule has 0 radical (unpaired) electrons. The Kier molecular flexibility index (Phi) is 10.1. The van der Waals surface area contributed by atoms with Gasteiger partial charge in [0, 0.05) is 12.1 Å². The van der Waals surface area contributed by atoms with Crippen molar-refractivity contribution in [1.29, 1.82) is 0 Å². The minimum absolute atomic E-state index is 0.193. The van der Waals surface area contributed by atoms with Crippen molar-refractivity contribution in [1.82, 2.24) is 5.32 Å². The summed E-state index contributed by atoms with van der Waals surface area (Å²) < 4.78 is 0. The number of hydrogen-bond donors (Lipinski definition) is 3. The smallest absolute Gasteiger partial charge is 0.426 e. The first kappa shape index (κ1) is 24.4. The lowest BCUT2D eigenvalue weighted by molar-refractivity contribution is -0.124. The maximum Gasteiger partial charge on any atom is 0.475 e. The molecule has 0 spiro atoms. The molecule has 2 amide bonds. The summed E-state index contributed by atoms with van der Waals surface area (Å²) >= 11 is 0. The monoisotopic (exact) mass is 398 g/mol. The van der Waals surface area contributed by atoms with E-state index in [9.17, 15) is 19.6 Å². The van der Waals surface area contributed by atoms with Gasteiger partial charge in [-0.25, -0.2) is 0 Å². The van der Waals surface area contributed by atoms with Gasteiger partial charge in [-0.3, -0.25) is 9.59 Å². The summed E-state index contributed by atoms with van der Waals surface area (Å²) in [4.78, 5) is 26.3. The summed E-state index contributed by atoms with van der Waals surface area (Å²) in [7, 11) is -1.74. The Labute approximate surface area is 173 Å². The maximum atomic E-state index is 12.6.